The maximum Gasteiger partial charge on any atom is 0.231 e. The maximum absolute atomic E-state index is 12.7. The molecule has 0 aliphatic carbocycles. The van der Waals surface area contributed by atoms with E-state index in [9.17, 15) is 4.79 Å². The molecule has 1 atom stereocenters. The van der Waals surface area contributed by atoms with Gasteiger partial charge in [-0.2, -0.15) is 0 Å². The van der Waals surface area contributed by atoms with Crippen LogP contribution in [0.3, 0.4) is 0 Å². The van der Waals surface area contributed by atoms with E-state index in [1.165, 1.54) is 5.56 Å². The van der Waals surface area contributed by atoms with Crippen LogP contribution in [0.5, 0.6) is 0 Å². The number of methoxy groups -OCH3 is 1. The Morgan fingerprint density at radius 2 is 2.25 bits per heavy atom. The number of benzene rings is 1. The van der Waals surface area contributed by atoms with Gasteiger partial charge in [0.1, 0.15) is 0 Å². The molecular formula is C15H22N2O3. The van der Waals surface area contributed by atoms with Crippen molar-refractivity contribution in [2.75, 3.05) is 40.0 Å². The first-order valence-electron chi connectivity index (χ1n) is 6.95. The third-order valence-electron chi connectivity index (χ3n) is 3.64. The zero-order valence-electron chi connectivity index (χ0n) is 11.8. The van der Waals surface area contributed by atoms with E-state index < -0.39 is 0 Å². The second-order valence-corrected chi connectivity index (χ2v) is 4.92. The largest absolute Gasteiger partial charge is 0.395 e. The van der Waals surface area contributed by atoms with Gasteiger partial charge in [0.25, 0.3) is 0 Å². The monoisotopic (exact) mass is 278 g/mol. The molecule has 1 aromatic rings. The summed E-state index contributed by atoms with van der Waals surface area (Å²) in [4.78, 5) is 14.4. The van der Waals surface area contributed by atoms with Crippen LogP contribution in [0.4, 0.5) is 0 Å². The van der Waals surface area contributed by atoms with Crippen molar-refractivity contribution < 1.29 is 14.6 Å². The zero-order valence-corrected chi connectivity index (χ0v) is 11.8. The van der Waals surface area contributed by atoms with Gasteiger partial charge >= 0.3 is 0 Å². The van der Waals surface area contributed by atoms with Crippen LogP contribution in [0, 0.1) is 0 Å². The number of hydrogen-bond acceptors (Lipinski definition) is 4. The van der Waals surface area contributed by atoms with E-state index in [1.54, 1.807) is 12.0 Å². The molecule has 5 nitrogen and oxygen atoms in total. The minimum absolute atomic E-state index is 0.0305. The van der Waals surface area contributed by atoms with Crippen LogP contribution in [0.25, 0.3) is 0 Å². The van der Waals surface area contributed by atoms with E-state index in [1.807, 2.05) is 24.3 Å². The minimum atomic E-state index is -0.177. The topological polar surface area (TPSA) is 61.8 Å². The van der Waals surface area contributed by atoms with E-state index in [4.69, 9.17) is 9.84 Å². The third-order valence-corrected chi connectivity index (χ3v) is 3.64. The predicted molar refractivity (Wildman–Crippen MR) is 76.4 cm³/mol. The number of carbonyl (C=O) groups is 1. The summed E-state index contributed by atoms with van der Waals surface area (Å²) in [6, 6.07) is 8.03. The zero-order chi connectivity index (χ0) is 14.4. The second kappa shape index (κ2) is 7.38. The third kappa shape index (κ3) is 3.36. The first-order valence-corrected chi connectivity index (χ1v) is 6.95. The Hall–Kier alpha value is -1.43. The summed E-state index contributed by atoms with van der Waals surface area (Å²) in [5.74, 6) is -0.126. The number of fused-ring (bicyclic) bond motifs is 1. The molecule has 2 rings (SSSR count). The number of nitrogens with zero attached hydrogens (tertiary/aromatic N) is 1. The Labute approximate surface area is 119 Å². The van der Waals surface area contributed by atoms with E-state index >= 15 is 0 Å². The number of aliphatic hydroxyl groups is 1. The van der Waals surface area contributed by atoms with Gasteiger partial charge in [0.05, 0.1) is 19.1 Å². The summed E-state index contributed by atoms with van der Waals surface area (Å²) in [6.45, 7) is 2.75. The highest BCUT2D eigenvalue weighted by Crippen LogP contribution is 2.25. The van der Waals surface area contributed by atoms with Crippen LogP contribution in [0.1, 0.15) is 17.0 Å². The minimum Gasteiger partial charge on any atom is -0.395 e. The lowest BCUT2D eigenvalue weighted by Gasteiger charge is -2.31. The molecule has 1 aliphatic rings. The van der Waals surface area contributed by atoms with Gasteiger partial charge in [-0.25, -0.2) is 0 Å². The Bertz CT molecular complexity index is 450. The highest BCUT2D eigenvalue weighted by atomic mass is 16.5. The quantitative estimate of drug-likeness (QED) is 0.788. The molecular weight excluding hydrogens is 256 g/mol. The molecule has 0 spiro atoms. The summed E-state index contributed by atoms with van der Waals surface area (Å²) in [5.41, 5.74) is 2.27. The number of hydrogen-bond donors (Lipinski definition) is 2. The second-order valence-electron chi connectivity index (χ2n) is 4.92. The molecule has 1 unspecified atom stereocenters. The number of aliphatic hydroxyl groups excluding tert-OH is 1. The van der Waals surface area contributed by atoms with E-state index in [2.05, 4.69) is 5.32 Å². The SMILES string of the molecule is COCCN(CCO)C(=O)C1CNCc2ccccc21. The van der Waals surface area contributed by atoms with Crippen molar-refractivity contribution in [3.63, 3.8) is 0 Å². The van der Waals surface area contributed by atoms with E-state index in [0.717, 1.165) is 12.1 Å². The van der Waals surface area contributed by atoms with Gasteiger partial charge in [-0.05, 0) is 11.1 Å². The van der Waals surface area contributed by atoms with Gasteiger partial charge < -0.3 is 20.1 Å². The van der Waals surface area contributed by atoms with Crippen molar-refractivity contribution in [1.82, 2.24) is 10.2 Å². The number of amides is 1. The molecule has 110 valence electrons. The molecule has 0 saturated carbocycles. The summed E-state index contributed by atoms with van der Waals surface area (Å²) in [5, 5.41) is 12.4. The molecule has 0 aromatic heterocycles. The molecule has 5 heteroatoms. The number of nitrogens with one attached hydrogen (secondary N) is 1. The molecule has 0 saturated heterocycles. The summed E-state index contributed by atoms with van der Waals surface area (Å²) >= 11 is 0. The predicted octanol–water partition coefficient (Wildman–Crippen LogP) is 0.341. The van der Waals surface area contributed by atoms with Gasteiger partial charge in [0, 0.05) is 33.3 Å². The van der Waals surface area contributed by atoms with Gasteiger partial charge in [-0.15, -0.1) is 0 Å². The molecule has 0 radical (unpaired) electrons. The highest BCUT2D eigenvalue weighted by Gasteiger charge is 2.29. The van der Waals surface area contributed by atoms with Crippen molar-refractivity contribution in [3.05, 3.63) is 35.4 Å². The maximum atomic E-state index is 12.7. The van der Waals surface area contributed by atoms with Crippen LogP contribution in [-0.4, -0.2) is 55.9 Å². The van der Waals surface area contributed by atoms with Crippen molar-refractivity contribution >= 4 is 5.91 Å². The average Bonchev–Trinajstić information content (AvgIpc) is 2.50. The number of carbonyl (C=O) groups excluding carboxylic acids is 1. The van der Waals surface area contributed by atoms with Crippen molar-refractivity contribution in [3.8, 4) is 0 Å². The van der Waals surface area contributed by atoms with Crippen LogP contribution in [-0.2, 0) is 16.1 Å². The van der Waals surface area contributed by atoms with Crippen molar-refractivity contribution in [2.24, 2.45) is 0 Å². The lowest BCUT2D eigenvalue weighted by molar-refractivity contribution is -0.134. The molecule has 1 amide bonds. The van der Waals surface area contributed by atoms with E-state index in [0.29, 0.717) is 26.2 Å². The fraction of sp³-hybridized carbons (Fsp3) is 0.533. The van der Waals surface area contributed by atoms with Crippen LogP contribution in [0.2, 0.25) is 0 Å². The summed E-state index contributed by atoms with van der Waals surface area (Å²) in [7, 11) is 1.61. The Morgan fingerprint density at radius 1 is 1.45 bits per heavy atom. The number of ether oxygens (including phenoxy) is 1. The number of rotatable bonds is 6. The molecule has 0 fully saturated rings. The standard InChI is InChI=1S/C15H22N2O3/c1-20-9-7-17(6-8-18)15(19)14-11-16-10-12-4-2-3-5-13(12)14/h2-5,14,16,18H,6-11H2,1H3. The smallest absolute Gasteiger partial charge is 0.231 e. The van der Waals surface area contributed by atoms with Crippen LogP contribution >= 0.6 is 0 Å². The fourth-order valence-electron chi connectivity index (χ4n) is 2.59. The summed E-state index contributed by atoms with van der Waals surface area (Å²) in [6.07, 6.45) is 0. The molecule has 1 aromatic carbocycles. The Morgan fingerprint density at radius 3 is 3.00 bits per heavy atom. The van der Waals surface area contributed by atoms with Gasteiger partial charge in [-0.1, -0.05) is 24.3 Å². The van der Waals surface area contributed by atoms with Gasteiger partial charge in [-0.3, -0.25) is 4.79 Å². The Kier molecular flexibility index (Phi) is 5.52. The highest BCUT2D eigenvalue weighted by molar-refractivity contribution is 5.84. The first kappa shape index (κ1) is 15.0. The average molecular weight is 278 g/mol. The molecule has 0 bridgehead atoms. The summed E-state index contributed by atoms with van der Waals surface area (Å²) < 4.78 is 5.03. The molecule has 1 aliphatic heterocycles. The Balaban J connectivity index is 2.15. The first-order chi connectivity index (χ1) is 9.77. The molecule has 20 heavy (non-hydrogen) atoms. The molecule has 2 N–H and O–H groups in total. The normalized spacial score (nSPS) is 17.6. The van der Waals surface area contributed by atoms with Crippen molar-refractivity contribution in [1.29, 1.82) is 0 Å². The van der Waals surface area contributed by atoms with Crippen LogP contribution in [0.15, 0.2) is 24.3 Å². The van der Waals surface area contributed by atoms with Gasteiger partial charge in [0.15, 0.2) is 0 Å². The van der Waals surface area contributed by atoms with Crippen molar-refractivity contribution in [2.45, 2.75) is 12.5 Å². The van der Waals surface area contributed by atoms with E-state index in [-0.39, 0.29) is 18.4 Å². The lowest BCUT2D eigenvalue weighted by atomic mass is 9.90. The van der Waals surface area contributed by atoms with Gasteiger partial charge in [0.2, 0.25) is 5.91 Å². The molecule has 1 heterocycles. The fourth-order valence-corrected chi connectivity index (χ4v) is 2.59. The van der Waals surface area contributed by atoms with Crippen LogP contribution < -0.4 is 5.32 Å². The lowest BCUT2D eigenvalue weighted by Crippen LogP contribution is -2.44.